The largest absolute Gasteiger partial charge is 0.481 e. The maximum atomic E-state index is 13.1. The summed E-state index contributed by atoms with van der Waals surface area (Å²) in [7, 11) is 0. The Balaban J connectivity index is 1.43. The van der Waals surface area contributed by atoms with Crippen molar-refractivity contribution in [3.63, 3.8) is 0 Å². The smallest absolute Gasteiger partial charge is 0.407 e. The van der Waals surface area contributed by atoms with Gasteiger partial charge in [0.15, 0.2) is 0 Å². The third-order valence-electron chi connectivity index (χ3n) is 6.43. The molecule has 0 heterocycles. The summed E-state index contributed by atoms with van der Waals surface area (Å²) >= 11 is 0. The molecule has 0 radical (unpaired) electrons. The van der Waals surface area contributed by atoms with Crippen LogP contribution in [0.2, 0.25) is 0 Å². The lowest BCUT2D eigenvalue weighted by atomic mass is 9.98. The molecule has 2 N–H and O–H groups in total. The third-order valence-corrected chi connectivity index (χ3v) is 6.43. The normalized spacial score (nSPS) is 15.3. The number of alkyl halides is 2. The highest BCUT2D eigenvalue weighted by molar-refractivity contribution is 5.86. The quantitative estimate of drug-likeness (QED) is 0.495. The zero-order valence-corrected chi connectivity index (χ0v) is 19.2. The van der Waals surface area contributed by atoms with Gasteiger partial charge >= 0.3 is 12.1 Å². The maximum absolute atomic E-state index is 13.1. The predicted molar refractivity (Wildman–Crippen MR) is 124 cm³/mol. The van der Waals surface area contributed by atoms with Gasteiger partial charge in [0.1, 0.15) is 12.6 Å². The number of benzene rings is 2. The van der Waals surface area contributed by atoms with Gasteiger partial charge in [-0.15, -0.1) is 0 Å². The number of carbonyl (C=O) groups excluding carboxylic acids is 2. The van der Waals surface area contributed by atoms with E-state index in [1.807, 2.05) is 48.5 Å². The first-order valence-electron chi connectivity index (χ1n) is 11.7. The summed E-state index contributed by atoms with van der Waals surface area (Å²) in [5.74, 6) is -1.90. The van der Waals surface area contributed by atoms with Crippen LogP contribution in [-0.4, -0.2) is 60.1 Å². The van der Waals surface area contributed by atoms with E-state index in [-0.39, 0.29) is 31.4 Å². The zero-order chi connectivity index (χ0) is 24.9. The molecule has 1 unspecified atom stereocenters. The van der Waals surface area contributed by atoms with Gasteiger partial charge in [-0.2, -0.15) is 0 Å². The number of fused-ring (bicyclic) bond motifs is 3. The Morgan fingerprint density at radius 1 is 1.03 bits per heavy atom. The Morgan fingerprint density at radius 3 is 2.17 bits per heavy atom. The number of ether oxygens (including phenoxy) is 1. The molecule has 0 saturated heterocycles. The number of amides is 2. The van der Waals surface area contributed by atoms with Crippen LogP contribution in [0.15, 0.2) is 48.5 Å². The van der Waals surface area contributed by atoms with Crippen molar-refractivity contribution >= 4 is 18.0 Å². The van der Waals surface area contributed by atoms with E-state index in [2.05, 4.69) is 5.32 Å². The van der Waals surface area contributed by atoms with Crippen molar-refractivity contribution in [2.45, 2.75) is 44.1 Å². The van der Waals surface area contributed by atoms with Gasteiger partial charge in [0.25, 0.3) is 6.43 Å². The van der Waals surface area contributed by atoms with Gasteiger partial charge in [-0.25, -0.2) is 13.6 Å². The number of aliphatic carboxylic acids is 1. The molecule has 0 spiro atoms. The van der Waals surface area contributed by atoms with Crippen molar-refractivity contribution in [2.75, 3.05) is 19.7 Å². The van der Waals surface area contributed by atoms with E-state index in [0.29, 0.717) is 0 Å². The van der Waals surface area contributed by atoms with Crippen LogP contribution in [0.3, 0.4) is 0 Å². The Hall–Kier alpha value is -3.49. The Labute approximate surface area is 202 Å². The summed E-state index contributed by atoms with van der Waals surface area (Å²) in [5, 5.41) is 11.5. The van der Waals surface area contributed by atoms with Crippen molar-refractivity contribution < 1.29 is 33.0 Å². The Bertz CT molecular complexity index is 1040. The van der Waals surface area contributed by atoms with E-state index in [1.54, 1.807) is 0 Å². The van der Waals surface area contributed by atoms with Gasteiger partial charge in [0.2, 0.25) is 5.91 Å². The molecular weight excluding hydrogens is 458 g/mol. The second-order valence-corrected chi connectivity index (χ2v) is 9.03. The SMILES string of the molecule is O=C(O)CCC(NC(=O)OCC1c2ccccc2-c2ccccc21)C(=O)N(CC(F)F)CC1CC1. The third kappa shape index (κ3) is 6.15. The number of carboxylic acid groups (broad SMARTS) is 1. The van der Waals surface area contributed by atoms with Gasteiger partial charge in [-0.3, -0.25) is 9.59 Å². The summed E-state index contributed by atoms with van der Waals surface area (Å²) in [5.41, 5.74) is 4.17. The summed E-state index contributed by atoms with van der Waals surface area (Å²) in [4.78, 5) is 37.8. The minimum atomic E-state index is -2.73. The second kappa shape index (κ2) is 10.8. The van der Waals surface area contributed by atoms with Crippen molar-refractivity contribution in [3.05, 3.63) is 59.7 Å². The lowest BCUT2D eigenvalue weighted by molar-refractivity contribution is -0.138. The fraction of sp³-hybridized carbons (Fsp3) is 0.423. The molecule has 1 fully saturated rings. The monoisotopic (exact) mass is 486 g/mol. The van der Waals surface area contributed by atoms with Crippen LogP contribution in [-0.2, 0) is 14.3 Å². The van der Waals surface area contributed by atoms with Crippen molar-refractivity contribution in [1.82, 2.24) is 10.2 Å². The van der Waals surface area contributed by atoms with E-state index in [4.69, 9.17) is 9.84 Å². The van der Waals surface area contributed by atoms with E-state index < -0.39 is 43.4 Å². The number of hydrogen-bond acceptors (Lipinski definition) is 4. The van der Waals surface area contributed by atoms with Crippen LogP contribution >= 0.6 is 0 Å². The molecule has 186 valence electrons. The highest BCUT2D eigenvalue weighted by Crippen LogP contribution is 2.44. The summed E-state index contributed by atoms with van der Waals surface area (Å²) < 4.78 is 31.6. The van der Waals surface area contributed by atoms with Crippen LogP contribution < -0.4 is 5.32 Å². The van der Waals surface area contributed by atoms with E-state index >= 15 is 0 Å². The minimum Gasteiger partial charge on any atom is -0.481 e. The molecule has 2 amide bonds. The van der Waals surface area contributed by atoms with Crippen molar-refractivity contribution in [1.29, 1.82) is 0 Å². The van der Waals surface area contributed by atoms with Gasteiger partial charge in [-0.1, -0.05) is 48.5 Å². The molecule has 7 nitrogen and oxygen atoms in total. The highest BCUT2D eigenvalue weighted by atomic mass is 19.3. The van der Waals surface area contributed by atoms with Gasteiger partial charge in [-0.05, 0) is 47.4 Å². The van der Waals surface area contributed by atoms with Gasteiger partial charge in [0.05, 0.1) is 6.54 Å². The number of nitrogens with zero attached hydrogens (tertiary/aromatic N) is 1. The standard InChI is InChI=1S/C26H28F2N2O5/c27-23(28)14-30(13-16-9-10-16)25(33)22(11-12-24(31)32)29-26(34)35-15-21-19-7-3-1-5-17(19)18-6-2-4-8-20(18)21/h1-8,16,21-23H,9-15H2,(H,29,34)(H,31,32). The molecule has 0 aliphatic heterocycles. The number of halogens is 2. The molecule has 2 aromatic carbocycles. The molecule has 4 rings (SSSR count). The molecule has 1 atom stereocenters. The average Bonchev–Trinajstić information content (AvgIpc) is 3.59. The van der Waals surface area contributed by atoms with Crippen LogP contribution in [0.5, 0.6) is 0 Å². The van der Waals surface area contributed by atoms with E-state index in [0.717, 1.165) is 40.0 Å². The molecule has 2 aliphatic rings. The van der Waals surface area contributed by atoms with Gasteiger partial charge < -0.3 is 20.1 Å². The van der Waals surface area contributed by atoms with Gasteiger partial charge in [0, 0.05) is 18.9 Å². The lowest BCUT2D eigenvalue weighted by Crippen LogP contribution is -2.50. The second-order valence-electron chi connectivity index (χ2n) is 9.03. The summed E-state index contributed by atoms with van der Waals surface area (Å²) in [6.07, 6.45) is -2.53. The number of carbonyl (C=O) groups is 3. The van der Waals surface area contributed by atoms with Crippen LogP contribution in [0.4, 0.5) is 13.6 Å². The Kier molecular flexibility index (Phi) is 7.63. The zero-order valence-electron chi connectivity index (χ0n) is 19.2. The molecule has 2 aromatic rings. The predicted octanol–water partition coefficient (Wildman–Crippen LogP) is 4.26. The Morgan fingerprint density at radius 2 is 1.63 bits per heavy atom. The van der Waals surface area contributed by atoms with E-state index in [1.165, 1.54) is 0 Å². The number of hydrogen-bond donors (Lipinski definition) is 2. The summed E-state index contributed by atoms with van der Waals surface area (Å²) in [6, 6.07) is 14.4. The topological polar surface area (TPSA) is 95.9 Å². The average molecular weight is 487 g/mol. The van der Waals surface area contributed by atoms with Crippen molar-refractivity contribution in [3.8, 4) is 11.1 Å². The number of alkyl carbamates (subject to hydrolysis) is 1. The van der Waals surface area contributed by atoms with Crippen LogP contribution in [0.1, 0.15) is 42.7 Å². The number of rotatable bonds is 11. The number of nitrogens with one attached hydrogen (secondary N) is 1. The maximum Gasteiger partial charge on any atom is 0.407 e. The minimum absolute atomic E-state index is 0.0164. The molecule has 0 aromatic heterocycles. The molecule has 1 saturated carbocycles. The molecule has 0 bridgehead atoms. The molecule has 2 aliphatic carbocycles. The first kappa shape index (κ1) is 24.6. The molecule has 9 heteroatoms. The summed E-state index contributed by atoms with van der Waals surface area (Å²) in [6.45, 7) is -0.576. The first-order valence-corrected chi connectivity index (χ1v) is 11.7. The molecular formula is C26H28F2N2O5. The van der Waals surface area contributed by atoms with E-state index in [9.17, 15) is 23.2 Å². The lowest BCUT2D eigenvalue weighted by Gasteiger charge is -2.27. The fourth-order valence-corrected chi connectivity index (χ4v) is 4.56. The van der Waals surface area contributed by atoms with Crippen LogP contribution in [0, 0.1) is 5.92 Å². The fourth-order valence-electron chi connectivity index (χ4n) is 4.56. The number of carboxylic acids is 1. The first-order chi connectivity index (χ1) is 16.8. The molecule has 35 heavy (non-hydrogen) atoms. The highest BCUT2D eigenvalue weighted by Gasteiger charge is 2.34. The van der Waals surface area contributed by atoms with Crippen molar-refractivity contribution in [2.24, 2.45) is 5.92 Å². The van der Waals surface area contributed by atoms with Crippen LogP contribution in [0.25, 0.3) is 11.1 Å².